The van der Waals surface area contributed by atoms with Crippen molar-refractivity contribution in [1.29, 1.82) is 0 Å². The minimum absolute atomic E-state index is 0.134. The van der Waals surface area contributed by atoms with Crippen molar-refractivity contribution in [2.24, 2.45) is 0 Å². The van der Waals surface area contributed by atoms with Crippen molar-refractivity contribution < 1.29 is 13.2 Å². The van der Waals surface area contributed by atoms with Crippen molar-refractivity contribution in [2.75, 3.05) is 39.8 Å². The maximum atomic E-state index is 12.0. The standard InChI is InChI=1S/C11H24N4O3S/c1-11(2,3)13-19(17,18)14(4)9-10(16)15-7-5-12-6-8-15/h12-13H,5-9H2,1-4H3. The molecule has 0 spiro atoms. The van der Waals surface area contributed by atoms with Gasteiger partial charge in [0.2, 0.25) is 5.91 Å². The second-order valence-corrected chi connectivity index (χ2v) is 7.52. The summed E-state index contributed by atoms with van der Waals surface area (Å²) in [4.78, 5) is 13.7. The summed E-state index contributed by atoms with van der Waals surface area (Å²) >= 11 is 0. The molecule has 19 heavy (non-hydrogen) atoms. The Morgan fingerprint density at radius 1 is 1.32 bits per heavy atom. The van der Waals surface area contributed by atoms with Crippen LogP contribution in [0.1, 0.15) is 20.8 Å². The van der Waals surface area contributed by atoms with Crippen molar-refractivity contribution in [3.63, 3.8) is 0 Å². The van der Waals surface area contributed by atoms with Gasteiger partial charge in [0.15, 0.2) is 0 Å². The van der Waals surface area contributed by atoms with Crippen LogP contribution in [-0.4, -0.2) is 68.8 Å². The summed E-state index contributed by atoms with van der Waals surface area (Å²) in [5.41, 5.74) is -0.564. The third kappa shape index (κ3) is 5.43. The molecule has 1 aliphatic rings. The molecular weight excluding hydrogens is 268 g/mol. The maximum absolute atomic E-state index is 12.0. The average molecular weight is 292 g/mol. The van der Waals surface area contributed by atoms with Gasteiger partial charge in [-0.25, -0.2) is 0 Å². The first-order chi connectivity index (χ1) is 8.62. The van der Waals surface area contributed by atoms with Crippen LogP contribution in [0.2, 0.25) is 0 Å². The number of nitrogens with one attached hydrogen (secondary N) is 2. The normalized spacial score (nSPS) is 17.8. The lowest BCUT2D eigenvalue weighted by Gasteiger charge is -2.30. The molecule has 0 unspecified atom stereocenters. The van der Waals surface area contributed by atoms with Gasteiger partial charge in [-0.3, -0.25) is 4.79 Å². The van der Waals surface area contributed by atoms with Crippen LogP contribution < -0.4 is 10.0 Å². The van der Waals surface area contributed by atoms with E-state index in [0.717, 1.165) is 17.4 Å². The van der Waals surface area contributed by atoms with Crippen molar-refractivity contribution >= 4 is 16.1 Å². The fraction of sp³-hybridized carbons (Fsp3) is 0.909. The first kappa shape index (κ1) is 16.4. The van der Waals surface area contributed by atoms with Crippen molar-refractivity contribution in [3.05, 3.63) is 0 Å². The summed E-state index contributed by atoms with van der Waals surface area (Å²) in [6.07, 6.45) is 0. The molecule has 2 N–H and O–H groups in total. The minimum atomic E-state index is -3.63. The molecule has 0 aliphatic carbocycles. The largest absolute Gasteiger partial charge is 0.339 e. The molecule has 0 atom stereocenters. The van der Waals surface area contributed by atoms with Crippen molar-refractivity contribution in [3.8, 4) is 0 Å². The van der Waals surface area contributed by atoms with E-state index in [-0.39, 0.29) is 12.5 Å². The van der Waals surface area contributed by atoms with Crippen LogP contribution in [0.5, 0.6) is 0 Å². The molecule has 1 fully saturated rings. The van der Waals surface area contributed by atoms with E-state index in [1.807, 2.05) is 0 Å². The maximum Gasteiger partial charge on any atom is 0.280 e. The molecule has 0 saturated carbocycles. The SMILES string of the molecule is CN(CC(=O)N1CCNCC1)S(=O)(=O)NC(C)(C)C. The summed E-state index contributed by atoms with van der Waals surface area (Å²) < 4.78 is 27.6. The third-order valence-electron chi connectivity index (χ3n) is 2.67. The molecule has 0 aromatic heterocycles. The van der Waals surface area contributed by atoms with E-state index in [1.165, 1.54) is 7.05 Å². The van der Waals surface area contributed by atoms with Gasteiger partial charge in [-0.15, -0.1) is 0 Å². The highest BCUT2D eigenvalue weighted by molar-refractivity contribution is 7.87. The number of hydrogen-bond acceptors (Lipinski definition) is 4. The van der Waals surface area contributed by atoms with Gasteiger partial charge in [-0.05, 0) is 20.8 Å². The molecule has 0 bridgehead atoms. The highest BCUT2D eigenvalue weighted by Crippen LogP contribution is 2.05. The molecule has 8 heteroatoms. The van der Waals surface area contributed by atoms with Gasteiger partial charge in [0.1, 0.15) is 0 Å². The molecule has 0 radical (unpaired) electrons. The number of piperazine rings is 1. The second kappa shape index (κ2) is 6.17. The lowest BCUT2D eigenvalue weighted by molar-refractivity contribution is -0.131. The van der Waals surface area contributed by atoms with Gasteiger partial charge in [0.25, 0.3) is 10.2 Å². The molecule has 1 saturated heterocycles. The smallest absolute Gasteiger partial charge is 0.280 e. The molecule has 1 rings (SSSR count). The summed E-state index contributed by atoms with van der Waals surface area (Å²) in [6.45, 7) is 7.90. The monoisotopic (exact) mass is 292 g/mol. The van der Waals surface area contributed by atoms with Gasteiger partial charge in [-0.1, -0.05) is 0 Å². The Balaban J connectivity index is 2.58. The molecule has 1 heterocycles. The summed E-state index contributed by atoms with van der Waals surface area (Å²) in [6, 6.07) is 0. The molecule has 0 aromatic carbocycles. The highest BCUT2D eigenvalue weighted by Gasteiger charge is 2.27. The molecule has 7 nitrogen and oxygen atoms in total. The number of rotatable bonds is 4. The Morgan fingerprint density at radius 3 is 2.32 bits per heavy atom. The predicted molar refractivity (Wildman–Crippen MR) is 73.9 cm³/mol. The van der Waals surface area contributed by atoms with Gasteiger partial charge < -0.3 is 10.2 Å². The van der Waals surface area contributed by atoms with Crippen LogP contribution in [0, 0.1) is 0 Å². The van der Waals surface area contributed by atoms with Crippen LogP contribution >= 0.6 is 0 Å². The lowest BCUT2D eigenvalue weighted by Crippen LogP contribution is -2.53. The average Bonchev–Trinajstić information content (AvgIpc) is 2.26. The van der Waals surface area contributed by atoms with Crippen LogP contribution in [0.15, 0.2) is 0 Å². The summed E-state index contributed by atoms with van der Waals surface area (Å²) in [5, 5.41) is 3.15. The molecule has 112 valence electrons. The predicted octanol–water partition coefficient (Wildman–Crippen LogP) is -1.02. The zero-order valence-corrected chi connectivity index (χ0v) is 12.9. The Labute approximate surface area is 115 Å². The zero-order valence-electron chi connectivity index (χ0n) is 12.1. The summed E-state index contributed by atoms with van der Waals surface area (Å²) in [5.74, 6) is -0.164. The van der Waals surface area contributed by atoms with E-state index >= 15 is 0 Å². The van der Waals surface area contributed by atoms with Gasteiger partial charge >= 0.3 is 0 Å². The Hall–Kier alpha value is -0.700. The van der Waals surface area contributed by atoms with Crippen LogP contribution in [0.3, 0.4) is 0 Å². The highest BCUT2D eigenvalue weighted by atomic mass is 32.2. The number of amides is 1. The molecule has 1 aliphatic heterocycles. The minimum Gasteiger partial charge on any atom is -0.339 e. The van der Waals surface area contributed by atoms with E-state index in [2.05, 4.69) is 10.0 Å². The molecule has 0 aromatic rings. The van der Waals surface area contributed by atoms with E-state index < -0.39 is 15.7 Å². The second-order valence-electron chi connectivity index (χ2n) is 5.74. The van der Waals surface area contributed by atoms with Crippen molar-refractivity contribution in [2.45, 2.75) is 26.3 Å². The number of likely N-dealkylation sites (N-methyl/N-ethyl adjacent to an activating group) is 1. The fourth-order valence-corrected chi connectivity index (χ4v) is 2.96. The van der Waals surface area contributed by atoms with Gasteiger partial charge in [0.05, 0.1) is 6.54 Å². The zero-order chi connectivity index (χ0) is 14.7. The van der Waals surface area contributed by atoms with E-state index in [0.29, 0.717) is 13.1 Å². The Morgan fingerprint density at radius 2 is 1.84 bits per heavy atom. The lowest BCUT2D eigenvalue weighted by atomic mass is 10.1. The summed E-state index contributed by atoms with van der Waals surface area (Å²) in [7, 11) is -2.22. The number of carbonyl (C=O) groups excluding carboxylic acids is 1. The topological polar surface area (TPSA) is 81.8 Å². The Kier molecular flexibility index (Phi) is 5.31. The van der Waals surface area contributed by atoms with E-state index in [9.17, 15) is 13.2 Å². The number of hydrogen-bond donors (Lipinski definition) is 2. The third-order valence-corrected chi connectivity index (χ3v) is 4.49. The van der Waals surface area contributed by atoms with Crippen LogP contribution in [0.25, 0.3) is 0 Å². The van der Waals surface area contributed by atoms with Crippen LogP contribution in [0.4, 0.5) is 0 Å². The van der Waals surface area contributed by atoms with Gasteiger partial charge in [0, 0.05) is 38.8 Å². The van der Waals surface area contributed by atoms with E-state index in [1.54, 1.807) is 25.7 Å². The van der Waals surface area contributed by atoms with Gasteiger partial charge in [-0.2, -0.15) is 17.4 Å². The Bertz CT molecular complexity index is 410. The quantitative estimate of drug-likeness (QED) is 0.695. The van der Waals surface area contributed by atoms with E-state index in [4.69, 9.17) is 0 Å². The van der Waals surface area contributed by atoms with Crippen molar-refractivity contribution in [1.82, 2.24) is 19.2 Å². The molecule has 1 amide bonds. The van der Waals surface area contributed by atoms with Crippen LogP contribution in [-0.2, 0) is 15.0 Å². The first-order valence-electron chi connectivity index (χ1n) is 6.35. The number of nitrogens with zero attached hydrogens (tertiary/aromatic N) is 2. The first-order valence-corrected chi connectivity index (χ1v) is 7.79. The fourth-order valence-electron chi connectivity index (χ4n) is 1.75. The molecular formula is C11H24N4O3S. The number of carbonyl (C=O) groups is 1.